The molecule has 7 heteroatoms. The number of halogens is 1. The second-order valence-corrected chi connectivity index (χ2v) is 8.57. The number of carbonyl (C=O) groups excluding carboxylic acids is 1. The molecule has 0 saturated carbocycles. The van der Waals surface area contributed by atoms with Crippen molar-refractivity contribution in [2.45, 2.75) is 6.92 Å². The minimum Gasteiger partial charge on any atom is -0.345 e. The SMILES string of the molecule is Cc1c(Cl)ccc2sc(N3CCN(C(=O)/C=C/c4cccs4)CC3)nc12. The highest BCUT2D eigenvalue weighted by Gasteiger charge is 2.22. The van der Waals surface area contributed by atoms with E-state index in [1.807, 2.05) is 47.5 Å². The molecule has 0 N–H and O–H groups in total. The van der Waals surface area contributed by atoms with E-state index in [0.29, 0.717) is 13.1 Å². The van der Waals surface area contributed by atoms with Gasteiger partial charge >= 0.3 is 0 Å². The van der Waals surface area contributed by atoms with Crippen molar-refractivity contribution < 1.29 is 4.79 Å². The van der Waals surface area contributed by atoms with Crippen molar-refractivity contribution in [3.8, 4) is 0 Å². The molecule has 0 spiro atoms. The van der Waals surface area contributed by atoms with Crippen molar-refractivity contribution in [2.24, 2.45) is 0 Å². The van der Waals surface area contributed by atoms with Crippen LogP contribution >= 0.6 is 34.3 Å². The highest BCUT2D eigenvalue weighted by Crippen LogP contribution is 2.33. The van der Waals surface area contributed by atoms with Crippen LogP contribution in [0.2, 0.25) is 5.02 Å². The Morgan fingerprint density at radius 3 is 2.77 bits per heavy atom. The molecular weight excluding hydrogens is 386 g/mol. The molecule has 1 fully saturated rings. The van der Waals surface area contributed by atoms with Crippen LogP contribution in [-0.2, 0) is 4.79 Å². The molecule has 3 aromatic rings. The summed E-state index contributed by atoms with van der Waals surface area (Å²) in [6.07, 6.45) is 3.56. The number of hydrogen-bond acceptors (Lipinski definition) is 5. The van der Waals surface area contributed by atoms with E-state index >= 15 is 0 Å². The van der Waals surface area contributed by atoms with E-state index in [4.69, 9.17) is 16.6 Å². The summed E-state index contributed by atoms with van der Waals surface area (Å²) in [5, 5.41) is 3.77. The summed E-state index contributed by atoms with van der Waals surface area (Å²) in [4.78, 5) is 22.4. The molecule has 0 bridgehead atoms. The zero-order valence-corrected chi connectivity index (χ0v) is 16.7. The number of anilines is 1. The van der Waals surface area contributed by atoms with Gasteiger partial charge in [-0.15, -0.1) is 11.3 Å². The van der Waals surface area contributed by atoms with Crippen molar-refractivity contribution in [3.63, 3.8) is 0 Å². The number of thiophene rings is 1. The Labute approximate surface area is 165 Å². The second kappa shape index (κ2) is 7.39. The van der Waals surface area contributed by atoms with Crippen LogP contribution in [0.5, 0.6) is 0 Å². The zero-order chi connectivity index (χ0) is 18.1. The molecule has 1 saturated heterocycles. The number of carbonyl (C=O) groups is 1. The van der Waals surface area contributed by atoms with Gasteiger partial charge in [0, 0.05) is 42.2 Å². The highest BCUT2D eigenvalue weighted by atomic mass is 35.5. The lowest BCUT2D eigenvalue weighted by atomic mass is 10.2. The first-order valence-electron chi connectivity index (χ1n) is 8.43. The average Bonchev–Trinajstić information content (AvgIpc) is 3.33. The van der Waals surface area contributed by atoms with Crippen LogP contribution in [0.4, 0.5) is 5.13 Å². The molecule has 3 heterocycles. The molecule has 0 aliphatic carbocycles. The molecule has 2 aromatic heterocycles. The minimum absolute atomic E-state index is 0.0741. The summed E-state index contributed by atoms with van der Waals surface area (Å²) in [5.74, 6) is 0.0741. The average molecular weight is 404 g/mol. The molecule has 1 aromatic carbocycles. The normalized spacial score (nSPS) is 15.3. The Kier molecular flexibility index (Phi) is 4.98. The highest BCUT2D eigenvalue weighted by molar-refractivity contribution is 7.22. The Morgan fingerprint density at radius 2 is 2.04 bits per heavy atom. The van der Waals surface area contributed by atoms with Crippen LogP contribution in [0.25, 0.3) is 16.3 Å². The monoisotopic (exact) mass is 403 g/mol. The van der Waals surface area contributed by atoms with Gasteiger partial charge < -0.3 is 9.80 Å². The van der Waals surface area contributed by atoms with Crippen molar-refractivity contribution in [1.82, 2.24) is 9.88 Å². The topological polar surface area (TPSA) is 36.4 Å². The number of rotatable bonds is 3. The molecule has 134 valence electrons. The fourth-order valence-corrected chi connectivity index (χ4v) is 4.83. The smallest absolute Gasteiger partial charge is 0.246 e. The summed E-state index contributed by atoms with van der Waals surface area (Å²) in [7, 11) is 0. The van der Waals surface area contributed by atoms with Gasteiger partial charge in [-0.25, -0.2) is 4.98 Å². The van der Waals surface area contributed by atoms with Crippen LogP contribution in [0.3, 0.4) is 0 Å². The maximum absolute atomic E-state index is 12.4. The van der Waals surface area contributed by atoms with E-state index < -0.39 is 0 Å². The van der Waals surface area contributed by atoms with Gasteiger partial charge in [0.25, 0.3) is 0 Å². The number of benzene rings is 1. The largest absolute Gasteiger partial charge is 0.345 e. The van der Waals surface area contributed by atoms with Crippen LogP contribution in [-0.4, -0.2) is 42.0 Å². The molecule has 4 nitrogen and oxygen atoms in total. The molecule has 0 unspecified atom stereocenters. The van der Waals surface area contributed by atoms with Gasteiger partial charge in [0.15, 0.2) is 5.13 Å². The number of aromatic nitrogens is 1. The van der Waals surface area contributed by atoms with Crippen molar-refractivity contribution >= 4 is 61.6 Å². The predicted octanol–water partition coefficient (Wildman–Crippen LogP) is 4.68. The van der Waals surface area contributed by atoms with E-state index in [1.165, 1.54) is 0 Å². The van der Waals surface area contributed by atoms with Gasteiger partial charge in [-0.3, -0.25) is 4.79 Å². The summed E-state index contributed by atoms with van der Waals surface area (Å²) in [6.45, 7) is 5.02. The number of fused-ring (bicyclic) bond motifs is 1. The van der Waals surface area contributed by atoms with Gasteiger partial charge in [0.2, 0.25) is 5.91 Å². The first-order chi connectivity index (χ1) is 12.6. The molecular formula is C19H18ClN3OS2. The number of piperazine rings is 1. The Balaban J connectivity index is 1.42. The predicted molar refractivity (Wildman–Crippen MR) is 112 cm³/mol. The van der Waals surface area contributed by atoms with Gasteiger partial charge in [0.05, 0.1) is 10.2 Å². The number of nitrogens with zero attached hydrogens (tertiary/aromatic N) is 3. The number of amides is 1. The van der Waals surface area contributed by atoms with E-state index in [1.54, 1.807) is 28.7 Å². The van der Waals surface area contributed by atoms with E-state index in [2.05, 4.69) is 4.90 Å². The van der Waals surface area contributed by atoms with E-state index in [9.17, 15) is 4.79 Å². The fraction of sp³-hybridized carbons (Fsp3) is 0.263. The van der Waals surface area contributed by atoms with Gasteiger partial charge in [-0.2, -0.15) is 0 Å². The lowest BCUT2D eigenvalue weighted by Gasteiger charge is -2.34. The number of thiazole rings is 1. The van der Waals surface area contributed by atoms with Gasteiger partial charge in [0.1, 0.15) is 0 Å². The van der Waals surface area contributed by atoms with E-state index in [-0.39, 0.29) is 5.91 Å². The Hall–Kier alpha value is -1.89. The Bertz CT molecular complexity index is 957. The van der Waals surface area contributed by atoms with Gasteiger partial charge in [-0.05, 0) is 42.1 Å². The van der Waals surface area contributed by atoms with Crippen molar-refractivity contribution in [1.29, 1.82) is 0 Å². The standard InChI is InChI=1S/C19H18ClN3OS2/c1-13-15(20)5-6-16-18(13)21-19(26-16)23-10-8-22(9-11-23)17(24)7-4-14-3-2-12-25-14/h2-7,12H,8-11H2,1H3/b7-4+. The summed E-state index contributed by atoms with van der Waals surface area (Å²) < 4.78 is 1.15. The summed E-state index contributed by atoms with van der Waals surface area (Å²) in [5.41, 5.74) is 2.01. The Morgan fingerprint density at radius 1 is 1.23 bits per heavy atom. The number of hydrogen-bond donors (Lipinski definition) is 0. The zero-order valence-electron chi connectivity index (χ0n) is 14.3. The summed E-state index contributed by atoms with van der Waals surface area (Å²) in [6, 6.07) is 7.95. The molecule has 26 heavy (non-hydrogen) atoms. The van der Waals surface area contributed by atoms with Crippen molar-refractivity contribution in [3.05, 3.63) is 51.2 Å². The van der Waals surface area contributed by atoms with Crippen molar-refractivity contribution in [2.75, 3.05) is 31.1 Å². The summed E-state index contributed by atoms with van der Waals surface area (Å²) >= 11 is 9.52. The maximum Gasteiger partial charge on any atom is 0.246 e. The quantitative estimate of drug-likeness (QED) is 0.595. The van der Waals surface area contributed by atoms with Crippen LogP contribution in [0.1, 0.15) is 10.4 Å². The third-order valence-corrected chi connectivity index (χ3v) is 6.86. The first kappa shape index (κ1) is 17.5. The van der Waals surface area contributed by atoms with E-state index in [0.717, 1.165) is 43.9 Å². The van der Waals surface area contributed by atoms with Crippen LogP contribution < -0.4 is 4.90 Å². The second-order valence-electron chi connectivity index (χ2n) is 6.18. The number of aryl methyl sites for hydroxylation is 1. The lowest BCUT2D eigenvalue weighted by Crippen LogP contribution is -2.48. The third kappa shape index (κ3) is 3.49. The third-order valence-electron chi connectivity index (χ3n) is 4.53. The lowest BCUT2D eigenvalue weighted by molar-refractivity contribution is -0.126. The molecule has 1 amide bonds. The molecule has 4 rings (SSSR count). The van der Waals surface area contributed by atoms with Crippen LogP contribution in [0, 0.1) is 6.92 Å². The molecule has 0 atom stereocenters. The maximum atomic E-state index is 12.4. The molecule has 1 aliphatic heterocycles. The van der Waals surface area contributed by atoms with Gasteiger partial charge in [-0.1, -0.05) is 29.0 Å². The molecule has 1 aliphatic rings. The van der Waals surface area contributed by atoms with Crippen LogP contribution in [0.15, 0.2) is 35.7 Å². The fourth-order valence-electron chi connectivity index (χ4n) is 2.99. The molecule has 0 radical (unpaired) electrons. The first-order valence-corrected chi connectivity index (χ1v) is 10.5. The minimum atomic E-state index is 0.0741.